The average Bonchev–Trinajstić information content (AvgIpc) is 2.73. The van der Waals surface area contributed by atoms with E-state index in [-0.39, 0.29) is 11.9 Å². The van der Waals surface area contributed by atoms with Crippen LogP contribution in [-0.2, 0) is 6.54 Å². The van der Waals surface area contributed by atoms with Crippen LogP contribution in [0.4, 0.5) is 0 Å². The van der Waals surface area contributed by atoms with Gasteiger partial charge in [-0.1, -0.05) is 37.6 Å². The number of likely N-dealkylation sites (tertiary alicyclic amines) is 1. The molecule has 0 bridgehead atoms. The van der Waals surface area contributed by atoms with Gasteiger partial charge >= 0.3 is 0 Å². The minimum absolute atomic E-state index is 0.00330. The number of ether oxygens (including phenoxy) is 1. The van der Waals surface area contributed by atoms with Crippen molar-refractivity contribution in [2.45, 2.75) is 45.2 Å². The van der Waals surface area contributed by atoms with E-state index in [4.69, 9.17) is 4.74 Å². The predicted octanol–water partition coefficient (Wildman–Crippen LogP) is 4.56. The molecule has 27 heavy (non-hydrogen) atoms. The number of carbonyl (C=O) groups is 1. The number of rotatable bonds is 7. The van der Waals surface area contributed by atoms with Crippen molar-refractivity contribution in [3.8, 4) is 5.75 Å². The fraction of sp³-hybridized carbons (Fsp3) is 0.435. The molecule has 0 aromatic heterocycles. The van der Waals surface area contributed by atoms with Crippen molar-refractivity contribution >= 4 is 5.91 Å². The fourth-order valence-electron chi connectivity index (χ4n) is 3.64. The molecule has 1 aliphatic heterocycles. The molecule has 0 spiro atoms. The summed E-state index contributed by atoms with van der Waals surface area (Å²) >= 11 is 0. The molecular weight excluding hydrogens is 336 g/mol. The minimum Gasteiger partial charge on any atom is -0.497 e. The molecule has 0 aliphatic carbocycles. The summed E-state index contributed by atoms with van der Waals surface area (Å²) in [6.45, 7) is 5.42. The van der Waals surface area contributed by atoms with Crippen LogP contribution in [-0.4, -0.2) is 31.0 Å². The Balaban J connectivity index is 1.60. The molecule has 1 saturated heterocycles. The maximum absolute atomic E-state index is 12.7. The van der Waals surface area contributed by atoms with Crippen LogP contribution in [0.3, 0.4) is 0 Å². The molecule has 4 heteroatoms. The Bertz CT molecular complexity index is 719. The highest BCUT2D eigenvalue weighted by molar-refractivity contribution is 5.94. The highest BCUT2D eigenvalue weighted by atomic mass is 16.5. The van der Waals surface area contributed by atoms with Crippen LogP contribution in [0.5, 0.6) is 5.75 Å². The molecule has 1 heterocycles. The average molecular weight is 367 g/mol. The number of nitrogens with one attached hydrogen (secondary N) is 1. The van der Waals surface area contributed by atoms with Gasteiger partial charge in [0, 0.05) is 12.1 Å². The van der Waals surface area contributed by atoms with E-state index in [0.717, 1.165) is 24.3 Å². The molecule has 0 radical (unpaired) electrons. The fourth-order valence-corrected chi connectivity index (χ4v) is 3.64. The molecule has 144 valence electrons. The Labute approximate surface area is 162 Å². The van der Waals surface area contributed by atoms with Gasteiger partial charge in [0.2, 0.25) is 0 Å². The van der Waals surface area contributed by atoms with Gasteiger partial charge < -0.3 is 10.1 Å². The van der Waals surface area contributed by atoms with E-state index in [1.807, 2.05) is 36.4 Å². The van der Waals surface area contributed by atoms with Gasteiger partial charge in [-0.2, -0.15) is 0 Å². The molecule has 2 aromatic rings. The van der Waals surface area contributed by atoms with Crippen molar-refractivity contribution < 1.29 is 9.53 Å². The van der Waals surface area contributed by atoms with E-state index in [0.29, 0.717) is 5.56 Å². The standard InChI is InChI=1S/C23H30N2O2/c1-3-22(19-11-13-21(27-2)14-12-19)24-23(26)20-9-7-18(8-10-20)17-25-15-5-4-6-16-25/h7-14,22H,3-6,15-17H2,1-2H3,(H,24,26)/t22-/m0/s1. The van der Waals surface area contributed by atoms with Crippen molar-refractivity contribution in [3.63, 3.8) is 0 Å². The highest BCUT2D eigenvalue weighted by Crippen LogP contribution is 2.21. The third-order valence-electron chi connectivity index (χ3n) is 5.30. The van der Waals surface area contributed by atoms with Crippen LogP contribution in [0, 0.1) is 0 Å². The SMILES string of the molecule is CC[C@H](NC(=O)c1ccc(CN2CCCCC2)cc1)c1ccc(OC)cc1. The third-order valence-corrected chi connectivity index (χ3v) is 5.30. The van der Waals surface area contributed by atoms with Crippen molar-refractivity contribution in [2.24, 2.45) is 0 Å². The van der Waals surface area contributed by atoms with Crippen molar-refractivity contribution in [1.29, 1.82) is 0 Å². The van der Waals surface area contributed by atoms with Crippen LogP contribution in [0.25, 0.3) is 0 Å². The van der Waals surface area contributed by atoms with Gasteiger partial charge in [-0.05, 0) is 67.7 Å². The number of piperidine rings is 1. The number of benzene rings is 2. The van der Waals surface area contributed by atoms with E-state index >= 15 is 0 Å². The first-order valence-corrected chi connectivity index (χ1v) is 9.95. The predicted molar refractivity (Wildman–Crippen MR) is 109 cm³/mol. The lowest BCUT2D eigenvalue weighted by Gasteiger charge is -2.26. The monoisotopic (exact) mass is 366 g/mol. The molecule has 0 unspecified atom stereocenters. The quantitative estimate of drug-likeness (QED) is 0.781. The Hall–Kier alpha value is -2.33. The van der Waals surface area contributed by atoms with Crippen LogP contribution < -0.4 is 10.1 Å². The van der Waals surface area contributed by atoms with E-state index in [1.54, 1.807) is 7.11 Å². The molecule has 1 aliphatic rings. The second-order valence-corrected chi connectivity index (χ2v) is 7.24. The molecule has 1 fully saturated rings. The van der Waals surface area contributed by atoms with Crippen molar-refractivity contribution in [2.75, 3.05) is 20.2 Å². The van der Waals surface area contributed by atoms with E-state index in [9.17, 15) is 4.79 Å². The molecule has 0 saturated carbocycles. The summed E-state index contributed by atoms with van der Waals surface area (Å²) < 4.78 is 5.21. The van der Waals surface area contributed by atoms with Crippen molar-refractivity contribution in [1.82, 2.24) is 10.2 Å². The molecule has 1 atom stereocenters. The largest absolute Gasteiger partial charge is 0.497 e. The minimum atomic E-state index is -0.0257. The number of methoxy groups -OCH3 is 1. The summed E-state index contributed by atoms with van der Waals surface area (Å²) in [7, 11) is 1.66. The zero-order chi connectivity index (χ0) is 19.1. The second kappa shape index (κ2) is 9.56. The smallest absolute Gasteiger partial charge is 0.251 e. The molecule has 1 amide bonds. The van der Waals surface area contributed by atoms with Gasteiger partial charge in [-0.25, -0.2) is 0 Å². The zero-order valence-corrected chi connectivity index (χ0v) is 16.4. The maximum Gasteiger partial charge on any atom is 0.251 e. The van der Waals surface area contributed by atoms with Gasteiger partial charge in [0.1, 0.15) is 5.75 Å². The van der Waals surface area contributed by atoms with Gasteiger partial charge in [0.25, 0.3) is 5.91 Å². The first-order chi connectivity index (χ1) is 13.2. The van der Waals surface area contributed by atoms with E-state index in [2.05, 4.69) is 29.3 Å². The maximum atomic E-state index is 12.7. The lowest BCUT2D eigenvalue weighted by molar-refractivity contribution is 0.0935. The first-order valence-electron chi connectivity index (χ1n) is 9.95. The number of nitrogens with zero attached hydrogens (tertiary/aromatic N) is 1. The van der Waals surface area contributed by atoms with Gasteiger partial charge in [0.05, 0.1) is 13.2 Å². The highest BCUT2D eigenvalue weighted by Gasteiger charge is 2.15. The molecule has 4 nitrogen and oxygen atoms in total. The summed E-state index contributed by atoms with van der Waals surface area (Å²) in [6, 6.07) is 15.9. The van der Waals surface area contributed by atoms with E-state index in [1.165, 1.54) is 37.9 Å². The number of carbonyl (C=O) groups excluding carboxylic acids is 1. The summed E-state index contributed by atoms with van der Waals surface area (Å²) in [4.78, 5) is 15.2. The van der Waals surface area contributed by atoms with Gasteiger partial charge in [-0.15, -0.1) is 0 Å². The van der Waals surface area contributed by atoms with Gasteiger partial charge in [0.15, 0.2) is 0 Å². The third kappa shape index (κ3) is 5.33. The Morgan fingerprint density at radius 1 is 1.04 bits per heavy atom. The van der Waals surface area contributed by atoms with E-state index < -0.39 is 0 Å². The normalized spacial score (nSPS) is 15.9. The number of amides is 1. The second-order valence-electron chi connectivity index (χ2n) is 7.24. The topological polar surface area (TPSA) is 41.6 Å². The first kappa shape index (κ1) is 19.4. The lowest BCUT2D eigenvalue weighted by atomic mass is 10.0. The molecular formula is C23H30N2O2. The Kier molecular flexibility index (Phi) is 6.88. The Morgan fingerprint density at radius 3 is 2.30 bits per heavy atom. The summed E-state index contributed by atoms with van der Waals surface area (Å²) in [5.74, 6) is 0.798. The van der Waals surface area contributed by atoms with Crippen molar-refractivity contribution in [3.05, 3.63) is 65.2 Å². The van der Waals surface area contributed by atoms with Crippen LogP contribution in [0.2, 0.25) is 0 Å². The number of hydrogen-bond donors (Lipinski definition) is 1. The van der Waals surface area contributed by atoms with Crippen LogP contribution in [0.1, 0.15) is 60.1 Å². The van der Waals surface area contributed by atoms with Crippen LogP contribution >= 0.6 is 0 Å². The Morgan fingerprint density at radius 2 is 1.70 bits per heavy atom. The summed E-state index contributed by atoms with van der Waals surface area (Å²) in [6.07, 6.45) is 4.78. The lowest BCUT2D eigenvalue weighted by Crippen LogP contribution is -2.29. The molecule has 3 rings (SSSR count). The van der Waals surface area contributed by atoms with Gasteiger partial charge in [-0.3, -0.25) is 9.69 Å². The van der Waals surface area contributed by atoms with Crippen LogP contribution in [0.15, 0.2) is 48.5 Å². The molecule has 2 aromatic carbocycles. The molecule has 1 N–H and O–H groups in total. The summed E-state index contributed by atoms with van der Waals surface area (Å²) in [5.41, 5.74) is 3.08. The summed E-state index contributed by atoms with van der Waals surface area (Å²) in [5, 5.41) is 3.15. The number of hydrogen-bond acceptors (Lipinski definition) is 3. The zero-order valence-electron chi connectivity index (χ0n) is 16.4.